The van der Waals surface area contributed by atoms with Crippen LogP contribution >= 0.6 is 0 Å². The van der Waals surface area contributed by atoms with E-state index in [9.17, 15) is 23.3 Å². The molecule has 1 rings (SSSR count). The molecule has 1 aromatic carbocycles. The summed E-state index contributed by atoms with van der Waals surface area (Å²) in [4.78, 5) is 24.0. The Balaban J connectivity index is 2.67. The van der Waals surface area contributed by atoms with E-state index in [4.69, 9.17) is 4.74 Å². The van der Waals surface area contributed by atoms with Crippen molar-refractivity contribution in [2.24, 2.45) is 0 Å². The number of nitro benzene ring substituents is 1. The number of benzene rings is 1. The Morgan fingerprint density at radius 3 is 2.50 bits per heavy atom. The monoisotopic (exact) mass is 443 g/mol. The Morgan fingerprint density at radius 1 is 1.27 bits per heavy atom. The molecule has 0 bridgehead atoms. The van der Waals surface area contributed by atoms with Gasteiger partial charge in [0.1, 0.15) is 0 Å². The van der Waals surface area contributed by atoms with Gasteiger partial charge in [0.05, 0.1) is 11.5 Å². The summed E-state index contributed by atoms with van der Waals surface area (Å²) in [5.41, 5.74) is -0.449. The van der Waals surface area contributed by atoms with Crippen molar-refractivity contribution in [1.82, 2.24) is 14.5 Å². The van der Waals surface area contributed by atoms with Gasteiger partial charge >= 0.3 is 6.03 Å². The van der Waals surface area contributed by atoms with Crippen LogP contribution in [0, 0.1) is 16.5 Å². The summed E-state index contributed by atoms with van der Waals surface area (Å²) in [5.74, 6) is 0. The van der Waals surface area contributed by atoms with Crippen LogP contribution in [0.2, 0.25) is 0 Å². The molecular formula is C19H31N4O6S. The number of carbonyl (C=O) groups excluding carboxylic acids is 1. The molecule has 2 amide bonds. The van der Waals surface area contributed by atoms with Crippen molar-refractivity contribution in [2.75, 3.05) is 40.4 Å². The zero-order chi connectivity index (χ0) is 22.7. The van der Waals surface area contributed by atoms with E-state index in [0.29, 0.717) is 32.5 Å². The third kappa shape index (κ3) is 7.88. The van der Waals surface area contributed by atoms with Gasteiger partial charge in [-0.2, -0.15) is 0 Å². The molecule has 0 fully saturated rings. The number of hydrogen-bond acceptors (Lipinski definition) is 6. The minimum atomic E-state index is -3.99. The molecule has 0 saturated carbocycles. The highest BCUT2D eigenvalue weighted by molar-refractivity contribution is 7.89. The second kappa shape index (κ2) is 12.5. The van der Waals surface area contributed by atoms with Crippen LogP contribution < -0.4 is 5.32 Å². The van der Waals surface area contributed by atoms with Crippen molar-refractivity contribution in [3.63, 3.8) is 0 Å². The number of rotatable bonds is 13. The Hall–Kier alpha value is -2.24. The van der Waals surface area contributed by atoms with Gasteiger partial charge in [0, 0.05) is 52.3 Å². The summed E-state index contributed by atoms with van der Waals surface area (Å²) in [6.07, 6.45) is 2.90. The van der Waals surface area contributed by atoms with Gasteiger partial charge in [-0.05, 0) is 32.8 Å². The van der Waals surface area contributed by atoms with Gasteiger partial charge in [-0.15, -0.1) is 0 Å². The SMILES string of the molecule is COC[CH]CN(CCCCN(C)S(=O)(=O)c1ccccc1[N+](=O)[O-])C(=O)NC(C)C. The van der Waals surface area contributed by atoms with Crippen molar-refractivity contribution < 1.29 is 22.9 Å². The Bertz CT molecular complexity index is 800. The van der Waals surface area contributed by atoms with Crippen LogP contribution in [0.15, 0.2) is 29.2 Å². The zero-order valence-electron chi connectivity index (χ0n) is 17.9. The molecular weight excluding hydrogens is 412 g/mol. The third-order valence-electron chi connectivity index (χ3n) is 4.23. The number of unbranched alkanes of at least 4 members (excludes halogenated alkanes) is 1. The highest BCUT2D eigenvalue weighted by atomic mass is 32.2. The third-order valence-corrected chi connectivity index (χ3v) is 6.14. The molecule has 0 atom stereocenters. The first kappa shape index (κ1) is 25.8. The van der Waals surface area contributed by atoms with E-state index in [1.54, 1.807) is 12.0 Å². The van der Waals surface area contributed by atoms with Crippen LogP contribution in [0.25, 0.3) is 0 Å². The predicted octanol–water partition coefficient (Wildman–Crippen LogP) is 2.27. The van der Waals surface area contributed by atoms with Crippen LogP contribution in [0.1, 0.15) is 26.7 Å². The van der Waals surface area contributed by atoms with Crippen LogP contribution in [0.4, 0.5) is 10.5 Å². The molecule has 30 heavy (non-hydrogen) atoms. The fraction of sp³-hybridized carbons (Fsp3) is 0.579. The first-order valence-electron chi connectivity index (χ1n) is 9.67. The van der Waals surface area contributed by atoms with Gasteiger partial charge in [0.15, 0.2) is 4.90 Å². The first-order chi connectivity index (χ1) is 14.1. The maximum atomic E-state index is 12.7. The normalized spacial score (nSPS) is 11.7. The van der Waals surface area contributed by atoms with Crippen LogP contribution in [0.5, 0.6) is 0 Å². The summed E-state index contributed by atoms with van der Waals surface area (Å²) in [6.45, 7) is 5.20. The van der Waals surface area contributed by atoms with Crippen LogP contribution in [-0.4, -0.2) is 75.0 Å². The summed E-state index contributed by atoms with van der Waals surface area (Å²) in [6, 6.07) is 5.08. The molecule has 0 saturated heterocycles. The van der Waals surface area contributed by atoms with E-state index in [0.717, 1.165) is 4.31 Å². The van der Waals surface area contributed by atoms with Gasteiger partial charge in [-0.3, -0.25) is 10.1 Å². The largest absolute Gasteiger partial charge is 0.384 e. The number of hydrogen-bond donors (Lipinski definition) is 1. The molecule has 1 N–H and O–H groups in total. The van der Waals surface area contributed by atoms with Crippen molar-refractivity contribution in [3.8, 4) is 0 Å². The van der Waals surface area contributed by atoms with Crippen molar-refractivity contribution >= 4 is 21.7 Å². The molecule has 0 aliphatic rings. The number of nitro groups is 1. The van der Waals surface area contributed by atoms with Crippen LogP contribution in [-0.2, 0) is 14.8 Å². The van der Waals surface area contributed by atoms with Gasteiger partial charge in [0.25, 0.3) is 5.69 Å². The van der Waals surface area contributed by atoms with Crippen molar-refractivity contribution in [1.29, 1.82) is 0 Å². The second-order valence-electron chi connectivity index (χ2n) is 7.05. The lowest BCUT2D eigenvalue weighted by Gasteiger charge is -2.24. The number of urea groups is 1. The standard InChI is InChI=1S/C19H31N4O6S/c1-16(2)20-19(24)22(14-9-15-29-4)13-8-7-12-21(3)30(27,28)18-11-6-5-10-17(18)23(25)26/h5-6,9-11,16H,7-8,12-15H2,1-4H3,(H,20,24). The predicted molar refractivity (Wildman–Crippen MR) is 114 cm³/mol. The van der Waals surface area contributed by atoms with E-state index in [2.05, 4.69) is 5.32 Å². The minimum absolute atomic E-state index is 0.000338. The van der Waals surface area contributed by atoms with Crippen LogP contribution in [0.3, 0.4) is 0 Å². The van der Waals surface area contributed by atoms with Gasteiger partial charge in [0.2, 0.25) is 10.0 Å². The molecule has 0 spiro atoms. The lowest BCUT2D eigenvalue weighted by molar-refractivity contribution is -0.387. The minimum Gasteiger partial charge on any atom is -0.384 e. The molecule has 11 heteroatoms. The zero-order valence-corrected chi connectivity index (χ0v) is 18.7. The summed E-state index contributed by atoms with van der Waals surface area (Å²) in [5, 5.41) is 14.0. The molecule has 0 heterocycles. The average Bonchev–Trinajstić information content (AvgIpc) is 2.68. The number of amides is 2. The smallest absolute Gasteiger partial charge is 0.317 e. The topological polar surface area (TPSA) is 122 Å². The number of carbonyl (C=O) groups is 1. The van der Waals surface area contributed by atoms with Gasteiger partial charge < -0.3 is 15.0 Å². The van der Waals surface area contributed by atoms with Crippen molar-refractivity contribution in [2.45, 2.75) is 37.6 Å². The molecule has 0 aliphatic heterocycles. The van der Waals surface area contributed by atoms with E-state index in [1.807, 2.05) is 20.3 Å². The quantitative estimate of drug-likeness (QED) is 0.283. The molecule has 0 unspecified atom stereocenters. The molecule has 0 aromatic heterocycles. The fourth-order valence-electron chi connectivity index (χ4n) is 2.69. The maximum absolute atomic E-state index is 12.7. The van der Waals surface area contributed by atoms with Crippen molar-refractivity contribution in [3.05, 3.63) is 40.8 Å². The molecule has 0 aliphatic carbocycles. The summed E-state index contributed by atoms with van der Waals surface area (Å²) in [7, 11) is -1.03. The lowest BCUT2D eigenvalue weighted by atomic mass is 10.2. The number of sulfonamides is 1. The van der Waals surface area contributed by atoms with E-state index in [1.165, 1.54) is 31.3 Å². The number of ether oxygens (including phenoxy) is 1. The van der Waals surface area contributed by atoms with E-state index in [-0.39, 0.29) is 23.5 Å². The van der Waals surface area contributed by atoms with E-state index < -0.39 is 20.6 Å². The average molecular weight is 444 g/mol. The summed E-state index contributed by atoms with van der Waals surface area (Å²) < 4.78 is 31.5. The Morgan fingerprint density at radius 2 is 1.90 bits per heavy atom. The molecule has 1 radical (unpaired) electrons. The molecule has 169 valence electrons. The fourth-order valence-corrected chi connectivity index (χ4v) is 4.05. The Labute approximate surface area is 178 Å². The van der Waals surface area contributed by atoms with Gasteiger partial charge in [-0.1, -0.05) is 12.1 Å². The maximum Gasteiger partial charge on any atom is 0.317 e. The highest BCUT2D eigenvalue weighted by Crippen LogP contribution is 2.25. The van der Waals surface area contributed by atoms with E-state index >= 15 is 0 Å². The number of para-hydroxylation sites is 1. The Kier molecular flexibility index (Phi) is 10.7. The summed E-state index contributed by atoms with van der Waals surface area (Å²) >= 11 is 0. The molecule has 10 nitrogen and oxygen atoms in total. The highest BCUT2D eigenvalue weighted by Gasteiger charge is 2.28. The number of methoxy groups -OCH3 is 1. The first-order valence-corrected chi connectivity index (χ1v) is 11.1. The number of nitrogens with one attached hydrogen (secondary N) is 1. The number of nitrogens with zero attached hydrogens (tertiary/aromatic N) is 3. The molecule has 1 aromatic rings. The van der Waals surface area contributed by atoms with Gasteiger partial charge in [-0.25, -0.2) is 17.5 Å². The second-order valence-corrected chi connectivity index (χ2v) is 9.07. The lowest BCUT2D eigenvalue weighted by Crippen LogP contribution is -2.44.